The molecule has 0 radical (unpaired) electrons. The lowest BCUT2D eigenvalue weighted by Gasteiger charge is -2.11. The van der Waals surface area contributed by atoms with Crippen LogP contribution in [-0.4, -0.2) is 16.0 Å². The van der Waals surface area contributed by atoms with Crippen molar-refractivity contribution in [3.8, 4) is 0 Å². The third-order valence-electron chi connectivity index (χ3n) is 2.93. The zero-order valence-corrected chi connectivity index (χ0v) is 9.75. The van der Waals surface area contributed by atoms with Crippen LogP contribution in [0.5, 0.6) is 0 Å². The molecular weight excluding hydrogens is 247 g/mol. The van der Waals surface area contributed by atoms with Crippen molar-refractivity contribution in [1.82, 2.24) is 9.97 Å². The molecule has 1 aliphatic rings. The van der Waals surface area contributed by atoms with Gasteiger partial charge in [-0.15, -0.1) is 0 Å². The average Bonchev–Trinajstić information content (AvgIpc) is 3.06. The molecule has 0 saturated heterocycles. The van der Waals surface area contributed by atoms with Gasteiger partial charge in [0, 0.05) is 12.1 Å². The highest BCUT2D eigenvalue weighted by molar-refractivity contribution is 5.44. The fraction of sp³-hybridized carbons (Fsp3) is 0.600. The highest BCUT2D eigenvalue weighted by Gasteiger charge is 2.37. The lowest BCUT2D eigenvalue weighted by molar-refractivity contribution is -0.141. The molecule has 2 atom stereocenters. The molecule has 5 nitrogen and oxygen atoms in total. The summed E-state index contributed by atoms with van der Waals surface area (Å²) in [6, 6.07) is 1.09. The van der Waals surface area contributed by atoms with Gasteiger partial charge in [-0.1, -0.05) is 13.3 Å². The summed E-state index contributed by atoms with van der Waals surface area (Å²) in [5.41, 5.74) is 1.02. The maximum absolute atomic E-state index is 12.6. The summed E-state index contributed by atoms with van der Waals surface area (Å²) >= 11 is 0. The van der Waals surface area contributed by atoms with Gasteiger partial charge < -0.3 is 5.32 Å². The number of nitrogens with two attached hydrogens (primary N) is 1. The first kappa shape index (κ1) is 12.9. The van der Waals surface area contributed by atoms with E-state index in [1.165, 1.54) is 0 Å². The number of aromatic nitrogens is 2. The molecule has 100 valence electrons. The number of anilines is 2. The SMILES string of the molecule is CCC1CC1Nc1cc(C(F)(F)F)nc(NN)n1. The van der Waals surface area contributed by atoms with Gasteiger partial charge in [0.05, 0.1) is 0 Å². The zero-order valence-electron chi connectivity index (χ0n) is 9.75. The number of nitrogens with one attached hydrogen (secondary N) is 2. The van der Waals surface area contributed by atoms with Crippen molar-refractivity contribution in [2.45, 2.75) is 32.0 Å². The van der Waals surface area contributed by atoms with Crippen molar-refractivity contribution in [3.63, 3.8) is 0 Å². The standard InChI is InChI=1S/C10H14F3N5/c1-2-5-3-6(5)15-8-4-7(10(11,12)13)16-9(17-8)18-14/h4-6H,2-3,14H2,1H3,(H2,15,16,17,18). The van der Waals surface area contributed by atoms with Crippen molar-refractivity contribution in [2.24, 2.45) is 11.8 Å². The minimum Gasteiger partial charge on any atom is -0.367 e. The van der Waals surface area contributed by atoms with E-state index in [-0.39, 0.29) is 17.8 Å². The van der Waals surface area contributed by atoms with Gasteiger partial charge in [-0.05, 0) is 12.3 Å². The molecular formula is C10H14F3N5. The maximum atomic E-state index is 12.6. The van der Waals surface area contributed by atoms with Gasteiger partial charge in [-0.2, -0.15) is 18.2 Å². The lowest BCUT2D eigenvalue weighted by atomic mass is 10.3. The molecule has 4 N–H and O–H groups in total. The van der Waals surface area contributed by atoms with Crippen molar-refractivity contribution >= 4 is 11.8 Å². The van der Waals surface area contributed by atoms with Crippen molar-refractivity contribution in [3.05, 3.63) is 11.8 Å². The van der Waals surface area contributed by atoms with Crippen LogP contribution in [0.2, 0.25) is 0 Å². The van der Waals surface area contributed by atoms with Crippen molar-refractivity contribution in [1.29, 1.82) is 0 Å². The van der Waals surface area contributed by atoms with E-state index in [1.54, 1.807) is 0 Å². The van der Waals surface area contributed by atoms with Crippen LogP contribution in [-0.2, 0) is 6.18 Å². The lowest BCUT2D eigenvalue weighted by Crippen LogP contribution is -2.17. The number of halogens is 3. The number of hydrazine groups is 1. The number of rotatable bonds is 4. The van der Waals surface area contributed by atoms with Crippen LogP contribution >= 0.6 is 0 Å². The fourth-order valence-electron chi connectivity index (χ4n) is 1.80. The molecule has 1 aromatic rings. The Morgan fingerprint density at radius 3 is 2.67 bits per heavy atom. The molecule has 0 amide bonds. The smallest absolute Gasteiger partial charge is 0.367 e. The number of nitrogen functional groups attached to an aromatic ring is 1. The van der Waals surface area contributed by atoms with E-state index in [0.29, 0.717) is 5.92 Å². The van der Waals surface area contributed by atoms with Crippen LogP contribution in [0.25, 0.3) is 0 Å². The van der Waals surface area contributed by atoms with Crippen LogP contribution < -0.4 is 16.6 Å². The second-order valence-corrected chi connectivity index (χ2v) is 4.26. The summed E-state index contributed by atoms with van der Waals surface area (Å²) in [6.45, 7) is 2.04. The summed E-state index contributed by atoms with van der Waals surface area (Å²) in [7, 11) is 0. The van der Waals surface area contributed by atoms with E-state index in [1.807, 2.05) is 12.3 Å². The quantitative estimate of drug-likeness (QED) is 0.571. The van der Waals surface area contributed by atoms with E-state index in [2.05, 4.69) is 15.3 Å². The molecule has 8 heteroatoms. The number of alkyl halides is 3. The Hall–Kier alpha value is -1.57. The normalized spacial score (nSPS) is 22.7. The van der Waals surface area contributed by atoms with Gasteiger partial charge in [0.25, 0.3) is 0 Å². The van der Waals surface area contributed by atoms with Gasteiger partial charge in [-0.3, -0.25) is 5.43 Å². The van der Waals surface area contributed by atoms with Gasteiger partial charge in [0.1, 0.15) is 5.82 Å². The Morgan fingerprint density at radius 1 is 1.44 bits per heavy atom. The molecule has 1 fully saturated rings. The largest absolute Gasteiger partial charge is 0.433 e. The summed E-state index contributed by atoms with van der Waals surface area (Å²) in [5, 5.41) is 2.96. The van der Waals surface area contributed by atoms with Gasteiger partial charge in [0.15, 0.2) is 5.69 Å². The molecule has 1 aromatic heterocycles. The van der Waals surface area contributed by atoms with E-state index >= 15 is 0 Å². The van der Waals surface area contributed by atoms with Crippen molar-refractivity contribution in [2.75, 3.05) is 10.7 Å². The predicted octanol–water partition coefficient (Wildman–Crippen LogP) is 1.99. The highest BCUT2D eigenvalue weighted by atomic mass is 19.4. The molecule has 1 heterocycles. The number of nitrogens with zero attached hydrogens (tertiary/aromatic N) is 2. The second kappa shape index (κ2) is 4.60. The molecule has 1 aliphatic carbocycles. The van der Waals surface area contributed by atoms with Crippen molar-refractivity contribution < 1.29 is 13.2 Å². The molecule has 1 saturated carbocycles. The van der Waals surface area contributed by atoms with E-state index in [9.17, 15) is 13.2 Å². The van der Waals surface area contributed by atoms with Gasteiger partial charge in [-0.25, -0.2) is 10.8 Å². The average molecular weight is 261 g/mol. The van der Waals surface area contributed by atoms with E-state index in [4.69, 9.17) is 5.84 Å². The summed E-state index contributed by atoms with van der Waals surface area (Å²) in [5.74, 6) is 5.46. The maximum Gasteiger partial charge on any atom is 0.433 e. The third kappa shape index (κ3) is 2.81. The Balaban J connectivity index is 2.19. The molecule has 0 spiro atoms. The Bertz CT molecular complexity index is 434. The first-order valence-corrected chi connectivity index (χ1v) is 5.63. The highest BCUT2D eigenvalue weighted by Crippen LogP contribution is 2.36. The van der Waals surface area contributed by atoms with Crippen LogP contribution in [0.3, 0.4) is 0 Å². The number of hydrogen-bond acceptors (Lipinski definition) is 5. The van der Waals surface area contributed by atoms with Crippen LogP contribution in [0.1, 0.15) is 25.5 Å². The molecule has 0 aliphatic heterocycles. The second-order valence-electron chi connectivity index (χ2n) is 4.26. The van der Waals surface area contributed by atoms with Crippen LogP contribution in [0, 0.1) is 5.92 Å². The first-order chi connectivity index (χ1) is 8.44. The Labute approximate surface area is 102 Å². The minimum absolute atomic E-state index is 0.145. The molecule has 18 heavy (non-hydrogen) atoms. The van der Waals surface area contributed by atoms with E-state index in [0.717, 1.165) is 18.9 Å². The van der Waals surface area contributed by atoms with E-state index < -0.39 is 11.9 Å². The summed E-state index contributed by atoms with van der Waals surface area (Å²) in [4.78, 5) is 7.13. The first-order valence-electron chi connectivity index (χ1n) is 5.63. The monoisotopic (exact) mass is 261 g/mol. The summed E-state index contributed by atoms with van der Waals surface area (Å²) < 4.78 is 37.8. The minimum atomic E-state index is -4.52. The Kier molecular flexibility index (Phi) is 3.29. The predicted molar refractivity (Wildman–Crippen MR) is 60.7 cm³/mol. The molecule has 0 bridgehead atoms. The summed E-state index contributed by atoms with van der Waals surface area (Å²) in [6.07, 6.45) is -2.57. The topological polar surface area (TPSA) is 75.9 Å². The molecule has 2 rings (SSSR count). The molecule has 0 aromatic carbocycles. The Morgan fingerprint density at radius 2 is 2.17 bits per heavy atom. The molecule has 2 unspecified atom stereocenters. The third-order valence-corrected chi connectivity index (χ3v) is 2.93. The number of hydrogen-bond donors (Lipinski definition) is 3. The van der Waals surface area contributed by atoms with Crippen LogP contribution in [0.15, 0.2) is 6.07 Å². The fourth-order valence-corrected chi connectivity index (χ4v) is 1.80. The van der Waals surface area contributed by atoms with Gasteiger partial charge in [0.2, 0.25) is 5.95 Å². The van der Waals surface area contributed by atoms with Gasteiger partial charge >= 0.3 is 6.18 Å². The van der Waals surface area contributed by atoms with Crippen LogP contribution in [0.4, 0.5) is 24.9 Å². The zero-order chi connectivity index (χ0) is 13.3.